The Kier molecular flexibility index (Phi) is 21.4. The van der Waals surface area contributed by atoms with Crippen molar-refractivity contribution in [3.05, 3.63) is 131 Å². The van der Waals surface area contributed by atoms with Crippen LogP contribution in [0.2, 0.25) is 0 Å². The number of likely N-dealkylation sites (N-methyl/N-ethyl adjacent to an activating group) is 2. The number of anilines is 2. The van der Waals surface area contributed by atoms with Crippen molar-refractivity contribution in [3.8, 4) is 0 Å². The lowest BCUT2D eigenvalue weighted by atomic mass is 9.80. The van der Waals surface area contributed by atoms with Crippen LogP contribution in [0.1, 0.15) is 84.2 Å². The van der Waals surface area contributed by atoms with Crippen LogP contribution in [0.3, 0.4) is 0 Å². The summed E-state index contributed by atoms with van der Waals surface area (Å²) in [5, 5.41) is 3.08. The molecule has 4 aromatic carbocycles. The Morgan fingerprint density at radius 2 is 0.943 bits per heavy atom. The van der Waals surface area contributed by atoms with Gasteiger partial charge in [-0.15, -0.1) is 0 Å². The van der Waals surface area contributed by atoms with Gasteiger partial charge in [0, 0.05) is 125 Å². The highest BCUT2D eigenvalue weighted by atomic mass is 33.1. The van der Waals surface area contributed by atoms with Crippen molar-refractivity contribution in [3.63, 3.8) is 0 Å². The van der Waals surface area contributed by atoms with Crippen LogP contribution >= 0.6 is 21.6 Å². The summed E-state index contributed by atoms with van der Waals surface area (Å²) in [7, 11) is 11.6. The lowest BCUT2D eigenvalue weighted by molar-refractivity contribution is -0.121. The number of Topliss-reactive ketones (excluding diaryl/α,β-unsaturated/α-hetero) is 3. The minimum atomic E-state index is -0.606. The highest BCUT2D eigenvalue weighted by molar-refractivity contribution is 8.76. The maximum atomic E-state index is 14.0. The third-order valence-electron chi connectivity index (χ3n) is 14.8. The van der Waals surface area contributed by atoms with E-state index in [1.807, 2.05) is 88.9 Å². The maximum Gasteiger partial charge on any atom is 0.221 e. The van der Waals surface area contributed by atoms with Crippen molar-refractivity contribution in [2.24, 2.45) is 0 Å². The van der Waals surface area contributed by atoms with Gasteiger partial charge in [-0.25, -0.2) is 0 Å². The van der Waals surface area contributed by atoms with Gasteiger partial charge >= 0.3 is 0 Å². The topological polar surface area (TPSA) is 99.7 Å². The lowest BCUT2D eigenvalue weighted by Gasteiger charge is -2.38. The van der Waals surface area contributed by atoms with Gasteiger partial charge in [-0.05, 0) is 120 Å². The molecule has 13 heteroatoms. The monoisotopic (exact) mass is 990 g/mol. The van der Waals surface area contributed by atoms with Crippen molar-refractivity contribution in [1.29, 1.82) is 0 Å². The molecule has 6 rings (SSSR count). The molecule has 2 heterocycles. The molecule has 2 atom stereocenters. The molecule has 0 spiro atoms. The van der Waals surface area contributed by atoms with Crippen molar-refractivity contribution in [2.45, 2.75) is 76.3 Å². The Morgan fingerprint density at radius 1 is 0.529 bits per heavy atom. The molecule has 70 heavy (non-hydrogen) atoms. The highest BCUT2D eigenvalue weighted by Crippen LogP contribution is 2.31. The molecule has 4 aromatic rings. The number of amides is 1. The summed E-state index contributed by atoms with van der Waals surface area (Å²) in [6.45, 7) is 13.6. The molecule has 2 fully saturated rings. The second-order valence-corrected chi connectivity index (χ2v) is 22.1. The molecule has 378 valence electrons. The first kappa shape index (κ1) is 54.8. The number of benzene rings is 4. The van der Waals surface area contributed by atoms with E-state index in [1.54, 1.807) is 21.6 Å². The number of hydrogen-bond donors (Lipinski definition) is 1. The molecular formula is C57H79N7O4S2. The largest absolute Gasteiger partial charge is 0.369 e. The van der Waals surface area contributed by atoms with E-state index in [2.05, 4.69) is 97.1 Å². The predicted molar refractivity (Wildman–Crippen MR) is 294 cm³/mol. The second-order valence-electron chi connectivity index (χ2n) is 19.4. The zero-order valence-electron chi connectivity index (χ0n) is 42.9. The van der Waals surface area contributed by atoms with E-state index in [9.17, 15) is 19.2 Å². The van der Waals surface area contributed by atoms with Crippen LogP contribution in [0.25, 0.3) is 0 Å². The Morgan fingerprint density at radius 3 is 1.36 bits per heavy atom. The Balaban J connectivity index is 0.780. The van der Waals surface area contributed by atoms with Crippen LogP contribution in [-0.4, -0.2) is 166 Å². The van der Waals surface area contributed by atoms with E-state index in [4.69, 9.17) is 0 Å². The number of nitrogens with zero attached hydrogens (tertiary/aromatic N) is 6. The Hall–Kier alpha value is -4.50. The Bertz CT molecular complexity index is 2070. The van der Waals surface area contributed by atoms with Gasteiger partial charge < -0.3 is 15.1 Å². The van der Waals surface area contributed by atoms with Gasteiger partial charge in [0.05, 0.1) is 11.1 Å². The van der Waals surface area contributed by atoms with Gasteiger partial charge in [0.15, 0.2) is 11.6 Å². The van der Waals surface area contributed by atoms with Crippen LogP contribution in [0.4, 0.5) is 11.4 Å². The normalized spacial score (nSPS) is 16.5. The first-order chi connectivity index (χ1) is 33.9. The number of carbonyl (C=O) groups excluding carboxylic acids is 4. The van der Waals surface area contributed by atoms with Crippen LogP contribution in [0, 0.1) is 0 Å². The van der Waals surface area contributed by atoms with Crippen LogP contribution < -0.4 is 15.1 Å². The molecule has 2 aliphatic rings. The number of piperazine rings is 2. The molecule has 11 nitrogen and oxygen atoms in total. The molecule has 1 amide bonds. The molecule has 0 radical (unpaired) electrons. The van der Waals surface area contributed by atoms with Crippen LogP contribution in [0.5, 0.6) is 0 Å². The fraction of sp³-hybridized carbons (Fsp3) is 0.509. The van der Waals surface area contributed by atoms with Crippen LogP contribution in [0.15, 0.2) is 109 Å². The van der Waals surface area contributed by atoms with Crippen molar-refractivity contribution in [2.75, 3.05) is 121 Å². The summed E-state index contributed by atoms with van der Waals surface area (Å²) in [6, 6.07) is 36.9. The van der Waals surface area contributed by atoms with Gasteiger partial charge in [-0.2, -0.15) is 0 Å². The third-order valence-corrected chi connectivity index (χ3v) is 17.3. The molecule has 0 aliphatic carbocycles. The smallest absolute Gasteiger partial charge is 0.221 e. The number of ketones is 3. The molecule has 2 unspecified atom stereocenters. The van der Waals surface area contributed by atoms with Gasteiger partial charge in [0.25, 0.3) is 0 Å². The van der Waals surface area contributed by atoms with Gasteiger partial charge in [-0.3, -0.25) is 38.8 Å². The predicted octanol–water partition coefficient (Wildman–Crippen LogP) is 8.53. The summed E-state index contributed by atoms with van der Waals surface area (Å²) in [5.74, 6) is 2.50. The molecular weight excluding hydrogens is 911 g/mol. The summed E-state index contributed by atoms with van der Waals surface area (Å²) in [6.07, 6.45) is 5.36. The quantitative estimate of drug-likeness (QED) is 0.0336. The minimum Gasteiger partial charge on any atom is -0.369 e. The average molecular weight is 990 g/mol. The van der Waals surface area contributed by atoms with E-state index in [-0.39, 0.29) is 17.5 Å². The summed E-state index contributed by atoms with van der Waals surface area (Å²) >= 11 is 0. The van der Waals surface area contributed by atoms with Gasteiger partial charge in [-0.1, -0.05) is 96.1 Å². The summed E-state index contributed by atoms with van der Waals surface area (Å²) in [5.41, 5.74) is 4.87. The number of rotatable bonds is 28. The fourth-order valence-electron chi connectivity index (χ4n) is 10.0. The van der Waals surface area contributed by atoms with Crippen LogP contribution in [-0.2, 0) is 22.4 Å². The third kappa shape index (κ3) is 15.0. The van der Waals surface area contributed by atoms with Crippen molar-refractivity contribution in [1.82, 2.24) is 24.9 Å². The first-order valence-electron chi connectivity index (χ1n) is 25.6. The molecule has 0 aromatic heterocycles. The molecule has 0 bridgehead atoms. The maximum absolute atomic E-state index is 14.0. The zero-order chi connectivity index (χ0) is 49.9. The molecule has 2 aliphatic heterocycles. The van der Waals surface area contributed by atoms with Crippen molar-refractivity contribution >= 4 is 56.2 Å². The number of carbonyl (C=O) groups is 4. The van der Waals surface area contributed by atoms with Gasteiger partial charge in [0.1, 0.15) is 5.78 Å². The number of hydrogen-bond acceptors (Lipinski definition) is 12. The highest BCUT2D eigenvalue weighted by Gasteiger charge is 2.41. The standard InChI is InChI=1S/C57H79N7O4S2/c1-7-56(59(3)4,44-46-16-11-9-12-17-46)54(67)48-21-25-50(26-22-48)63-38-34-61(35-39-63)32-29-52(65)20-15-42-69-70-43-31-58-53(66)30-33-62-36-40-64(41-37-62)51-27-23-49(24-28-51)55(68)57(8-2,60(5)6)45-47-18-13-10-14-19-47/h9-14,16-19,21-28H,7-8,15,20,29-45H2,1-6H3,(H,58,66). The lowest BCUT2D eigenvalue weighted by Crippen LogP contribution is -2.52. The molecule has 0 saturated carbocycles. The Labute approximate surface area is 427 Å². The molecule has 1 N–H and O–H groups in total. The van der Waals surface area contributed by atoms with Crippen molar-refractivity contribution < 1.29 is 19.2 Å². The van der Waals surface area contributed by atoms with E-state index < -0.39 is 11.1 Å². The summed E-state index contributed by atoms with van der Waals surface area (Å²) < 4.78 is 0. The first-order valence-corrected chi connectivity index (χ1v) is 28.1. The molecule has 2 saturated heterocycles. The SMILES string of the molecule is CCC(Cc1ccccc1)(C(=O)c1ccc(N2CCN(CCC(=O)CCCSSCCNC(=O)CCN3CCN(c4ccc(C(=O)C(CC)(Cc5ccccc5)N(C)C)cc4)CC3)CC2)cc1)N(C)C. The average Bonchev–Trinajstić information content (AvgIpc) is 3.39. The van der Waals surface area contributed by atoms with E-state index >= 15 is 0 Å². The number of nitrogens with one attached hydrogen (secondary N) is 1. The second kappa shape index (κ2) is 27.4. The van der Waals surface area contributed by atoms with E-state index in [0.29, 0.717) is 44.4 Å². The fourth-order valence-corrected chi connectivity index (χ4v) is 12.0. The van der Waals surface area contributed by atoms with Gasteiger partial charge in [0.2, 0.25) is 5.91 Å². The summed E-state index contributed by atoms with van der Waals surface area (Å²) in [4.78, 5) is 67.0. The van der Waals surface area contributed by atoms with E-state index in [0.717, 1.165) is 130 Å². The zero-order valence-corrected chi connectivity index (χ0v) is 44.5. The minimum absolute atomic E-state index is 0.0915. The van der Waals surface area contributed by atoms with E-state index in [1.165, 1.54) is 0 Å².